The number of halogens is 2. The lowest BCUT2D eigenvalue weighted by Crippen LogP contribution is -2.45. The summed E-state index contributed by atoms with van der Waals surface area (Å²) >= 11 is 0. The molecule has 0 N–H and O–H groups in total. The van der Waals surface area contributed by atoms with Crippen LogP contribution in [-0.4, -0.2) is 47.0 Å². The number of aromatic nitrogens is 6. The number of hydrogen-bond donors (Lipinski definition) is 0. The van der Waals surface area contributed by atoms with E-state index >= 15 is 0 Å². The van der Waals surface area contributed by atoms with Crippen LogP contribution in [0.4, 0.5) is 8.78 Å². The van der Waals surface area contributed by atoms with Crippen molar-refractivity contribution in [3.05, 3.63) is 84.2 Å². The van der Waals surface area contributed by atoms with Crippen molar-refractivity contribution in [2.24, 2.45) is 0 Å². The molecule has 0 fully saturated rings. The van der Waals surface area contributed by atoms with Crippen LogP contribution in [0.1, 0.15) is 24.4 Å². The summed E-state index contributed by atoms with van der Waals surface area (Å²) in [6, 6.07) is 12.9. The monoisotopic (exact) mass is 421 g/mol. The van der Waals surface area contributed by atoms with Gasteiger partial charge in [0.25, 0.3) is 0 Å². The van der Waals surface area contributed by atoms with Crippen LogP contribution in [-0.2, 0) is 13.1 Å². The summed E-state index contributed by atoms with van der Waals surface area (Å²) in [7, 11) is 0. The molecule has 158 valence electrons. The first-order valence-electron chi connectivity index (χ1n) is 10.1. The zero-order valence-corrected chi connectivity index (χ0v) is 16.9. The average Bonchev–Trinajstić information content (AvgIpc) is 3.45. The highest BCUT2D eigenvalue weighted by molar-refractivity contribution is 5.54. The zero-order chi connectivity index (χ0) is 21.4. The van der Waals surface area contributed by atoms with Gasteiger partial charge in [0.05, 0.1) is 19.1 Å². The fourth-order valence-corrected chi connectivity index (χ4v) is 4.14. The Balaban J connectivity index is 1.45. The summed E-state index contributed by atoms with van der Waals surface area (Å²) in [6.45, 7) is 3.98. The molecule has 1 aliphatic heterocycles. The van der Waals surface area contributed by atoms with Crippen LogP contribution in [0.5, 0.6) is 0 Å². The Labute approximate surface area is 178 Å². The maximum absolute atomic E-state index is 14.7. The summed E-state index contributed by atoms with van der Waals surface area (Å²) in [6.07, 6.45) is 2.98. The minimum Gasteiger partial charge on any atom is -0.289 e. The van der Waals surface area contributed by atoms with Gasteiger partial charge in [0.2, 0.25) is 0 Å². The molecule has 0 spiro atoms. The van der Waals surface area contributed by atoms with E-state index in [0.29, 0.717) is 24.5 Å². The second-order valence-corrected chi connectivity index (χ2v) is 7.64. The Morgan fingerprint density at radius 3 is 2.61 bits per heavy atom. The van der Waals surface area contributed by atoms with Gasteiger partial charge in [-0.25, -0.2) is 28.1 Å². The molecule has 31 heavy (non-hydrogen) atoms. The quantitative estimate of drug-likeness (QED) is 0.495. The fraction of sp³-hybridized carbons (Fsp3) is 0.273. The third kappa shape index (κ3) is 3.72. The van der Waals surface area contributed by atoms with Gasteiger partial charge in [-0.3, -0.25) is 4.90 Å². The van der Waals surface area contributed by atoms with Gasteiger partial charge in [0, 0.05) is 29.8 Å². The van der Waals surface area contributed by atoms with Crippen molar-refractivity contribution in [2.45, 2.75) is 32.1 Å². The minimum absolute atomic E-state index is 0.146. The van der Waals surface area contributed by atoms with Crippen molar-refractivity contribution in [1.82, 2.24) is 34.4 Å². The van der Waals surface area contributed by atoms with Crippen LogP contribution in [0.15, 0.2) is 61.2 Å². The Morgan fingerprint density at radius 2 is 1.87 bits per heavy atom. The minimum atomic E-state index is -0.606. The van der Waals surface area contributed by atoms with Gasteiger partial charge in [0.1, 0.15) is 30.1 Å². The first kappa shape index (κ1) is 19.5. The summed E-state index contributed by atoms with van der Waals surface area (Å²) in [5.74, 6) is 0.348. The van der Waals surface area contributed by atoms with E-state index in [9.17, 15) is 8.78 Å². The Bertz CT molecular complexity index is 1170. The van der Waals surface area contributed by atoms with Crippen molar-refractivity contribution in [2.75, 3.05) is 6.54 Å². The first-order valence-corrected chi connectivity index (χ1v) is 10.1. The maximum Gasteiger partial charge on any atom is 0.181 e. The van der Waals surface area contributed by atoms with E-state index < -0.39 is 17.7 Å². The second-order valence-electron chi connectivity index (χ2n) is 7.64. The van der Waals surface area contributed by atoms with Crippen LogP contribution in [0.2, 0.25) is 0 Å². The molecule has 0 aliphatic carbocycles. The molecule has 0 amide bonds. The van der Waals surface area contributed by atoms with E-state index in [-0.39, 0.29) is 6.04 Å². The van der Waals surface area contributed by atoms with Gasteiger partial charge in [0.15, 0.2) is 5.82 Å². The lowest BCUT2D eigenvalue weighted by atomic mass is 9.98. The molecule has 0 saturated heterocycles. The van der Waals surface area contributed by atoms with E-state index in [0.717, 1.165) is 24.0 Å². The smallest absolute Gasteiger partial charge is 0.181 e. The van der Waals surface area contributed by atoms with E-state index in [2.05, 4.69) is 20.1 Å². The maximum atomic E-state index is 14.7. The molecule has 0 bridgehead atoms. The van der Waals surface area contributed by atoms with Crippen LogP contribution < -0.4 is 0 Å². The molecule has 5 rings (SSSR count). The molecule has 4 aromatic rings. The summed E-state index contributed by atoms with van der Waals surface area (Å²) in [4.78, 5) is 11.0. The lowest BCUT2D eigenvalue weighted by Gasteiger charge is -2.36. The van der Waals surface area contributed by atoms with Gasteiger partial charge in [-0.05, 0) is 13.0 Å². The normalized spacial score (nSPS) is 16.1. The molecular formula is C22H21F2N7. The van der Waals surface area contributed by atoms with Crippen LogP contribution in [0.3, 0.4) is 0 Å². The van der Waals surface area contributed by atoms with Crippen LogP contribution in [0.25, 0.3) is 11.4 Å². The van der Waals surface area contributed by atoms with Crippen LogP contribution >= 0.6 is 0 Å². The molecule has 7 nitrogen and oxygen atoms in total. The molecule has 0 saturated carbocycles. The number of benzene rings is 2. The standard InChI is InChI=1S/C22H21F2N7/c1-15(21(31-14-25-13-26-31)18-8-7-17(23)11-19(18)24)29-9-10-30-20(12-29)27-22(28-30)16-5-3-2-4-6-16/h2-8,11,13-15,21H,9-10,12H2,1H3. The Morgan fingerprint density at radius 1 is 1.03 bits per heavy atom. The van der Waals surface area contributed by atoms with Gasteiger partial charge in [-0.2, -0.15) is 10.2 Å². The number of hydrogen-bond acceptors (Lipinski definition) is 5. The molecule has 1 aliphatic rings. The number of nitrogens with zero attached hydrogens (tertiary/aromatic N) is 7. The fourth-order valence-electron chi connectivity index (χ4n) is 4.14. The van der Waals surface area contributed by atoms with E-state index in [1.807, 2.05) is 41.9 Å². The van der Waals surface area contributed by atoms with Crippen molar-refractivity contribution in [1.29, 1.82) is 0 Å². The average molecular weight is 421 g/mol. The van der Waals surface area contributed by atoms with Crippen molar-refractivity contribution >= 4 is 0 Å². The van der Waals surface area contributed by atoms with Crippen LogP contribution in [0, 0.1) is 11.6 Å². The number of rotatable bonds is 5. The molecular weight excluding hydrogens is 400 g/mol. The molecule has 3 heterocycles. The largest absolute Gasteiger partial charge is 0.289 e. The predicted molar refractivity (Wildman–Crippen MR) is 110 cm³/mol. The summed E-state index contributed by atoms with van der Waals surface area (Å²) in [5.41, 5.74) is 1.34. The Hall–Kier alpha value is -3.46. The molecule has 2 atom stereocenters. The van der Waals surface area contributed by atoms with Gasteiger partial charge >= 0.3 is 0 Å². The van der Waals surface area contributed by atoms with Crippen molar-refractivity contribution < 1.29 is 8.78 Å². The highest BCUT2D eigenvalue weighted by Crippen LogP contribution is 2.29. The Kier molecular flexibility index (Phi) is 5.03. The topological polar surface area (TPSA) is 64.7 Å². The third-order valence-electron chi connectivity index (χ3n) is 5.76. The zero-order valence-electron chi connectivity index (χ0n) is 16.9. The van der Waals surface area contributed by atoms with E-state index in [1.54, 1.807) is 11.0 Å². The predicted octanol–water partition coefficient (Wildman–Crippen LogP) is 3.31. The molecule has 2 unspecified atom stereocenters. The molecule has 9 heteroatoms. The highest BCUT2D eigenvalue weighted by atomic mass is 19.1. The number of fused-ring (bicyclic) bond motifs is 1. The van der Waals surface area contributed by atoms with Crippen molar-refractivity contribution in [3.8, 4) is 11.4 Å². The first-order chi connectivity index (χ1) is 15.1. The van der Waals surface area contributed by atoms with Gasteiger partial charge in [-0.15, -0.1) is 0 Å². The summed E-state index contributed by atoms with van der Waals surface area (Å²) in [5, 5.41) is 8.89. The SMILES string of the molecule is CC(C(c1ccc(F)cc1F)n1cncn1)N1CCn2nc(-c3ccccc3)nc2C1. The highest BCUT2D eigenvalue weighted by Gasteiger charge is 2.32. The van der Waals surface area contributed by atoms with Gasteiger partial charge in [-0.1, -0.05) is 36.4 Å². The third-order valence-corrected chi connectivity index (χ3v) is 5.76. The van der Waals surface area contributed by atoms with E-state index in [4.69, 9.17) is 4.98 Å². The molecule has 2 aromatic heterocycles. The van der Waals surface area contributed by atoms with E-state index in [1.165, 1.54) is 18.5 Å². The molecule has 2 aromatic carbocycles. The van der Waals surface area contributed by atoms with Crippen molar-refractivity contribution in [3.63, 3.8) is 0 Å². The molecule has 0 radical (unpaired) electrons. The summed E-state index contributed by atoms with van der Waals surface area (Å²) < 4.78 is 31.8. The second kappa shape index (κ2) is 7.99. The lowest BCUT2D eigenvalue weighted by molar-refractivity contribution is 0.124. The van der Waals surface area contributed by atoms with Gasteiger partial charge < -0.3 is 0 Å².